The van der Waals surface area contributed by atoms with Gasteiger partial charge in [0.15, 0.2) is 0 Å². The third-order valence-electron chi connectivity index (χ3n) is 8.66. The predicted octanol–water partition coefficient (Wildman–Crippen LogP) is 9.24. The van der Waals surface area contributed by atoms with E-state index in [1.165, 1.54) is 72.9 Å². The summed E-state index contributed by atoms with van der Waals surface area (Å²) in [7, 11) is 1.85. The summed E-state index contributed by atoms with van der Waals surface area (Å²) in [4.78, 5) is 12.0. The minimum absolute atomic E-state index is 0.636. The number of piperidine rings is 1. The summed E-state index contributed by atoms with van der Waals surface area (Å²) in [5.41, 5.74) is 11.3. The third-order valence-corrected chi connectivity index (χ3v) is 8.66. The van der Waals surface area contributed by atoms with Gasteiger partial charge in [0.05, 0.1) is 11.4 Å². The minimum Gasteiger partial charge on any atom is -0.317 e. The number of fused-ring (bicyclic) bond motifs is 1. The summed E-state index contributed by atoms with van der Waals surface area (Å²) < 4.78 is 0. The first-order chi connectivity index (χ1) is 19.2. The molecule has 4 heteroatoms. The van der Waals surface area contributed by atoms with E-state index in [2.05, 4.69) is 101 Å². The molecule has 1 atom stereocenters. The van der Waals surface area contributed by atoms with Crippen LogP contribution in [-0.4, -0.2) is 36.6 Å². The van der Waals surface area contributed by atoms with Gasteiger partial charge in [-0.3, -0.25) is 4.99 Å². The molecule has 218 valence electrons. The molecule has 3 heterocycles. The van der Waals surface area contributed by atoms with Crippen molar-refractivity contribution in [3.8, 4) is 0 Å². The van der Waals surface area contributed by atoms with E-state index in [0.29, 0.717) is 5.92 Å². The van der Waals surface area contributed by atoms with Crippen LogP contribution >= 0.6 is 0 Å². The summed E-state index contributed by atoms with van der Waals surface area (Å²) in [5, 5.41) is 3.48. The van der Waals surface area contributed by atoms with Crippen LogP contribution in [0, 0.1) is 11.8 Å². The fraction of sp³-hybridized carbons (Fsp3) is 0.556. The van der Waals surface area contributed by atoms with E-state index in [1.807, 2.05) is 7.05 Å². The standard InChI is InChI=1S/C26H34N4.C10H20/c1-6-17(2)18(3)14-23(27-5)24-15-25(21-7-8-21)30-16-22(13-19(4)26(30)29-24)20-9-11-28-12-10-20;1-5-7-8-10(4)9(3)6-2/h13-16,20,28H,2,6-12H2,1,3-5H3;8-9H,5-7H2,1-4H3/b18-14+,27-23?;10-8-. The summed E-state index contributed by atoms with van der Waals surface area (Å²) in [5.74, 6) is 2.46. The van der Waals surface area contributed by atoms with Gasteiger partial charge in [0, 0.05) is 18.9 Å². The lowest BCUT2D eigenvalue weighted by Gasteiger charge is -2.34. The first kappa shape index (κ1) is 31.8. The van der Waals surface area contributed by atoms with E-state index >= 15 is 0 Å². The van der Waals surface area contributed by atoms with E-state index in [0.717, 1.165) is 48.2 Å². The molecule has 1 aliphatic carbocycles. The van der Waals surface area contributed by atoms with Crippen molar-refractivity contribution in [3.05, 3.63) is 81.9 Å². The Morgan fingerprint density at radius 1 is 1.18 bits per heavy atom. The molecule has 0 aromatic heterocycles. The molecule has 0 aromatic rings. The number of aliphatic imine (C=N–C) groups is 2. The fourth-order valence-electron chi connectivity index (χ4n) is 5.26. The molecule has 1 saturated carbocycles. The Morgan fingerprint density at radius 3 is 2.45 bits per heavy atom. The van der Waals surface area contributed by atoms with Crippen molar-refractivity contribution in [2.45, 2.75) is 99.8 Å². The van der Waals surface area contributed by atoms with Crippen molar-refractivity contribution in [2.24, 2.45) is 21.8 Å². The van der Waals surface area contributed by atoms with Crippen LogP contribution < -0.4 is 5.32 Å². The Labute approximate surface area is 245 Å². The van der Waals surface area contributed by atoms with Gasteiger partial charge in [-0.15, -0.1) is 0 Å². The lowest BCUT2D eigenvalue weighted by atomic mass is 9.87. The highest BCUT2D eigenvalue weighted by atomic mass is 15.2. The monoisotopic (exact) mass is 542 g/mol. The molecule has 2 fully saturated rings. The van der Waals surface area contributed by atoms with Crippen LogP contribution in [0.25, 0.3) is 0 Å². The number of allylic oxidation sites excluding steroid dienone is 9. The maximum atomic E-state index is 5.07. The van der Waals surface area contributed by atoms with E-state index in [4.69, 9.17) is 4.99 Å². The van der Waals surface area contributed by atoms with Gasteiger partial charge in [0.2, 0.25) is 0 Å². The highest BCUT2D eigenvalue weighted by molar-refractivity contribution is 6.13. The Hall–Kier alpha value is -2.72. The van der Waals surface area contributed by atoms with Crippen molar-refractivity contribution in [1.29, 1.82) is 0 Å². The number of nitrogens with one attached hydrogen (secondary N) is 1. The molecule has 0 radical (unpaired) electrons. The topological polar surface area (TPSA) is 40.0 Å². The van der Waals surface area contributed by atoms with Crippen LogP contribution in [0.15, 0.2) is 91.9 Å². The molecular formula is C36H54N4. The average Bonchev–Trinajstić information content (AvgIpc) is 3.83. The molecule has 4 aliphatic rings. The summed E-state index contributed by atoms with van der Waals surface area (Å²) in [6.07, 6.45) is 21.0. The van der Waals surface area contributed by atoms with Gasteiger partial charge in [0.25, 0.3) is 0 Å². The summed E-state index contributed by atoms with van der Waals surface area (Å²) >= 11 is 0. The Morgan fingerprint density at radius 2 is 1.88 bits per heavy atom. The van der Waals surface area contributed by atoms with Crippen LogP contribution in [0.4, 0.5) is 0 Å². The molecule has 1 unspecified atom stereocenters. The van der Waals surface area contributed by atoms with E-state index in [9.17, 15) is 0 Å². The molecule has 0 bridgehead atoms. The van der Waals surface area contributed by atoms with Crippen LogP contribution in [0.2, 0.25) is 0 Å². The van der Waals surface area contributed by atoms with Crippen molar-refractivity contribution < 1.29 is 0 Å². The number of hydrogen-bond donors (Lipinski definition) is 1. The lowest BCUT2D eigenvalue weighted by Crippen LogP contribution is -2.34. The van der Waals surface area contributed by atoms with Crippen LogP contribution in [0.5, 0.6) is 0 Å². The molecule has 4 rings (SSSR count). The van der Waals surface area contributed by atoms with Gasteiger partial charge >= 0.3 is 0 Å². The Kier molecular flexibility index (Phi) is 12.2. The maximum Gasteiger partial charge on any atom is 0.140 e. The number of unbranched alkanes of at least 4 members (excludes halogenated alkanes) is 1. The van der Waals surface area contributed by atoms with Crippen LogP contribution in [0.3, 0.4) is 0 Å². The zero-order chi connectivity index (χ0) is 29.2. The highest BCUT2D eigenvalue weighted by Crippen LogP contribution is 2.40. The lowest BCUT2D eigenvalue weighted by molar-refractivity contribution is 0.420. The summed E-state index contributed by atoms with van der Waals surface area (Å²) in [6, 6.07) is 0. The second-order valence-corrected chi connectivity index (χ2v) is 11.7. The van der Waals surface area contributed by atoms with Gasteiger partial charge in [0.1, 0.15) is 5.84 Å². The summed E-state index contributed by atoms with van der Waals surface area (Å²) in [6.45, 7) is 21.8. The number of amidine groups is 1. The average molecular weight is 543 g/mol. The van der Waals surface area contributed by atoms with Crippen molar-refractivity contribution >= 4 is 11.5 Å². The molecule has 0 aromatic carbocycles. The number of nitrogens with zero attached hydrogens (tertiary/aromatic N) is 3. The van der Waals surface area contributed by atoms with E-state index in [1.54, 1.807) is 5.57 Å². The molecule has 4 nitrogen and oxygen atoms in total. The second-order valence-electron chi connectivity index (χ2n) is 11.7. The van der Waals surface area contributed by atoms with Gasteiger partial charge in [-0.25, -0.2) is 4.99 Å². The van der Waals surface area contributed by atoms with Gasteiger partial charge in [-0.1, -0.05) is 64.0 Å². The third kappa shape index (κ3) is 8.39. The fourth-order valence-corrected chi connectivity index (χ4v) is 5.26. The Balaban J connectivity index is 0.000000378. The molecule has 0 spiro atoms. The van der Waals surface area contributed by atoms with Crippen molar-refractivity contribution in [1.82, 2.24) is 10.2 Å². The molecular weight excluding hydrogens is 488 g/mol. The van der Waals surface area contributed by atoms with E-state index < -0.39 is 0 Å². The molecule has 0 amide bonds. The number of hydrogen-bond acceptors (Lipinski definition) is 4. The zero-order valence-corrected chi connectivity index (χ0v) is 26.7. The molecule has 1 N–H and O–H groups in total. The SMILES string of the molecule is C=C(CC)/C(C)=C/C(=NC)C1=CC(=C2CC2)N2C=C(C3CCNCC3)C=C(C)C2=N1.CCC/C=C(/C)C(C)CC. The van der Waals surface area contributed by atoms with Gasteiger partial charge in [-0.05, 0) is 125 Å². The van der Waals surface area contributed by atoms with E-state index in [-0.39, 0.29) is 0 Å². The zero-order valence-electron chi connectivity index (χ0n) is 26.7. The predicted molar refractivity (Wildman–Crippen MR) is 176 cm³/mol. The first-order valence-corrected chi connectivity index (χ1v) is 15.7. The van der Waals surface area contributed by atoms with Crippen molar-refractivity contribution in [2.75, 3.05) is 20.1 Å². The van der Waals surface area contributed by atoms with Gasteiger partial charge < -0.3 is 10.2 Å². The molecule has 1 saturated heterocycles. The smallest absolute Gasteiger partial charge is 0.140 e. The number of rotatable bonds is 9. The van der Waals surface area contributed by atoms with Gasteiger partial charge in [-0.2, -0.15) is 0 Å². The van der Waals surface area contributed by atoms with Crippen LogP contribution in [-0.2, 0) is 0 Å². The minimum atomic E-state index is 0.636. The quantitative estimate of drug-likeness (QED) is 0.179. The van der Waals surface area contributed by atoms with Crippen LogP contribution in [0.1, 0.15) is 99.8 Å². The highest BCUT2D eigenvalue weighted by Gasteiger charge is 2.31. The second kappa shape index (κ2) is 15.3. The molecule has 40 heavy (non-hydrogen) atoms. The Bertz CT molecular complexity index is 1170. The maximum absolute atomic E-state index is 5.07. The normalized spacial score (nSPS) is 21.0. The molecule has 3 aliphatic heterocycles. The van der Waals surface area contributed by atoms with Crippen molar-refractivity contribution in [3.63, 3.8) is 0 Å². The first-order valence-electron chi connectivity index (χ1n) is 15.7. The largest absolute Gasteiger partial charge is 0.317 e.